The number of hydrogen-bond acceptors (Lipinski definition) is 3. The van der Waals surface area contributed by atoms with Crippen molar-refractivity contribution in [1.29, 1.82) is 0 Å². The van der Waals surface area contributed by atoms with Crippen LogP contribution >= 0.6 is 11.6 Å². The molecule has 0 aromatic heterocycles. The molecule has 2 aromatic carbocycles. The molecular formula is C22H22ClN3O2. The van der Waals surface area contributed by atoms with Crippen LogP contribution in [0.25, 0.3) is 0 Å². The van der Waals surface area contributed by atoms with Gasteiger partial charge in [0.25, 0.3) is 5.91 Å². The van der Waals surface area contributed by atoms with Gasteiger partial charge in [0.2, 0.25) is 5.91 Å². The van der Waals surface area contributed by atoms with Gasteiger partial charge < -0.3 is 4.90 Å². The zero-order chi connectivity index (χ0) is 19.7. The molecule has 0 radical (unpaired) electrons. The summed E-state index contributed by atoms with van der Waals surface area (Å²) in [5.41, 5.74) is 2.12. The van der Waals surface area contributed by atoms with Crippen molar-refractivity contribution in [3.63, 3.8) is 0 Å². The van der Waals surface area contributed by atoms with Crippen LogP contribution < -0.4 is 0 Å². The highest BCUT2D eigenvalue weighted by molar-refractivity contribution is 6.30. The standard InChI is InChI=1S/C22H22ClN3O2/c1-25-21(28)22(14-17-5-3-2-4-6-17)15-26(12-11-19(22)24-25)20(27)13-16-7-9-18(23)10-8-16/h2-10H,11-15H2,1H3. The van der Waals surface area contributed by atoms with Crippen LogP contribution in [-0.4, -0.2) is 47.6 Å². The van der Waals surface area contributed by atoms with Gasteiger partial charge in [0.1, 0.15) is 5.41 Å². The van der Waals surface area contributed by atoms with Gasteiger partial charge in [-0.05, 0) is 29.7 Å². The highest BCUT2D eigenvalue weighted by Gasteiger charge is 2.53. The van der Waals surface area contributed by atoms with Gasteiger partial charge in [0.05, 0.1) is 12.1 Å². The number of rotatable bonds is 4. The van der Waals surface area contributed by atoms with E-state index in [2.05, 4.69) is 5.10 Å². The smallest absolute Gasteiger partial charge is 0.256 e. The third-order valence-electron chi connectivity index (χ3n) is 5.58. The van der Waals surface area contributed by atoms with E-state index in [4.69, 9.17) is 11.6 Å². The Balaban J connectivity index is 1.57. The molecule has 144 valence electrons. The van der Waals surface area contributed by atoms with Gasteiger partial charge in [-0.2, -0.15) is 5.10 Å². The summed E-state index contributed by atoms with van der Waals surface area (Å²) in [5.74, 6) is -0.00786. The maximum absolute atomic E-state index is 13.1. The lowest BCUT2D eigenvalue weighted by atomic mass is 9.73. The number of amides is 2. The van der Waals surface area contributed by atoms with Crippen LogP contribution in [-0.2, 0) is 22.4 Å². The topological polar surface area (TPSA) is 53.0 Å². The predicted molar refractivity (Wildman–Crippen MR) is 109 cm³/mol. The lowest BCUT2D eigenvalue weighted by molar-refractivity contribution is -0.139. The zero-order valence-electron chi connectivity index (χ0n) is 15.8. The molecule has 2 amide bonds. The molecule has 0 aliphatic carbocycles. The van der Waals surface area contributed by atoms with Crippen molar-refractivity contribution in [2.45, 2.75) is 19.3 Å². The first-order valence-corrected chi connectivity index (χ1v) is 9.78. The summed E-state index contributed by atoms with van der Waals surface area (Å²) in [7, 11) is 1.69. The number of hydrazone groups is 1. The number of piperidine rings is 1. The Kier molecular flexibility index (Phi) is 4.94. The number of nitrogens with zero attached hydrogens (tertiary/aromatic N) is 3. The fourth-order valence-electron chi connectivity index (χ4n) is 4.13. The average molecular weight is 396 g/mol. The van der Waals surface area contributed by atoms with Gasteiger partial charge in [0.15, 0.2) is 0 Å². The molecule has 6 heteroatoms. The van der Waals surface area contributed by atoms with Crippen molar-refractivity contribution in [3.8, 4) is 0 Å². The second-order valence-electron chi connectivity index (χ2n) is 7.49. The van der Waals surface area contributed by atoms with Crippen LogP contribution in [0, 0.1) is 5.41 Å². The minimum Gasteiger partial charge on any atom is -0.341 e. The summed E-state index contributed by atoms with van der Waals surface area (Å²) < 4.78 is 0. The Bertz CT molecular complexity index is 927. The minimum atomic E-state index is -0.760. The van der Waals surface area contributed by atoms with E-state index >= 15 is 0 Å². The first-order chi connectivity index (χ1) is 13.5. The molecule has 2 aromatic rings. The molecule has 2 aliphatic heterocycles. The maximum atomic E-state index is 13.1. The van der Waals surface area contributed by atoms with E-state index in [9.17, 15) is 9.59 Å². The van der Waals surface area contributed by atoms with Crippen LogP contribution in [0.5, 0.6) is 0 Å². The quantitative estimate of drug-likeness (QED) is 0.798. The highest BCUT2D eigenvalue weighted by Crippen LogP contribution is 2.38. The molecule has 2 heterocycles. The van der Waals surface area contributed by atoms with E-state index in [0.717, 1.165) is 16.8 Å². The van der Waals surface area contributed by atoms with E-state index in [1.807, 2.05) is 47.4 Å². The monoisotopic (exact) mass is 395 g/mol. The van der Waals surface area contributed by atoms with Gasteiger partial charge >= 0.3 is 0 Å². The van der Waals surface area contributed by atoms with Crippen LogP contribution in [0.1, 0.15) is 17.5 Å². The number of fused-ring (bicyclic) bond motifs is 1. The van der Waals surface area contributed by atoms with Crippen LogP contribution in [0.4, 0.5) is 0 Å². The van der Waals surface area contributed by atoms with Crippen molar-refractivity contribution in [2.75, 3.05) is 20.1 Å². The molecule has 1 unspecified atom stereocenters. The van der Waals surface area contributed by atoms with Crippen LogP contribution in [0.3, 0.4) is 0 Å². The van der Waals surface area contributed by atoms with Crippen molar-refractivity contribution < 1.29 is 9.59 Å². The molecule has 1 atom stereocenters. The van der Waals surface area contributed by atoms with Crippen molar-refractivity contribution in [2.24, 2.45) is 10.5 Å². The normalized spacial score (nSPS) is 21.5. The number of benzene rings is 2. The molecule has 28 heavy (non-hydrogen) atoms. The molecule has 1 fully saturated rings. The second kappa shape index (κ2) is 7.40. The zero-order valence-corrected chi connectivity index (χ0v) is 16.5. The summed E-state index contributed by atoms with van der Waals surface area (Å²) in [6.07, 6.45) is 1.48. The van der Waals surface area contributed by atoms with Gasteiger partial charge in [-0.3, -0.25) is 9.59 Å². The highest BCUT2D eigenvalue weighted by atomic mass is 35.5. The first-order valence-electron chi connectivity index (χ1n) is 9.40. The first kappa shape index (κ1) is 18.7. The largest absolute Gasteiger partial charge is 0.341 e. The van der Waals surface area contributed by atoms with Crippen molar-refractivity contribution in [3.05, 3.63) is 70.7 Å². The Morgan fingerprint density at radius 3 is 2.54 bits per heavy atom. The van der Waals surface area contributed by atoms with Crippen LogP contribution in [0.15, 0.2) is 59.7 Å². The number of carbonyl (C=O) groups is 2. The Hall–Kier alpha value is -2.66. The Morgan fingerprint density at radius 1 is 1.11 bits per heavy atom. The molecule has 2 aliphatic rings. The van der Waals surface area contributed by atoms with E-state index in [1.54, 1.807) is 19.2 Å². The number of halogens is 1. The van der Waals surface area contributed by atoms with Gasteiger partial charge in [-0.15, -0.1) is 0 Å². The average Bonchev–Trinajstić information content (AvgIpc) is 2.94. The Morgan fingerprint density at radius 2 is 1.82 bits per heavy atom. The summed E-state index contributed by atoms with van der Waals surface area (Å²) in [6.45, 7) is 0.958. The van der Waals surface area contributed by atoms with E-state index in [0.29, 0.717) is 37.4 Å². The minimum absolute atomic E-state index is 0.0242. The van der Waals surface area contributed by atoms with Gasteiger partial charge in [0, 0.05) is 31.6 Å². The van der Waals surface area contributed by atoms with Crippen molar-refractivity contribution in [1.82, 2.24) is 9.91 Å². The maximum Gasteiger partial charge on any atom is 0.256 e. The lowest BCUT2D eigenvalue weighted by Crippen LogP contribution is -2.55. The van der Waals surface area contributed by atoms with E-state index in [1.165, 1.54) is 5.01 Å². The molecule has 0 bridgehead atoms. The van der Waals surface area contributed by atoms with Crippen LogP contribution in [0.2, 0.25) is 5.02 Å². The summed E-state index contributed by atoms with van der Waals surface area (Å²) in [4.78, 5) is 27.9. The Labute approximate surface area is 169 Å². The summed E-state index contributed by atoms with van der Waals surface area (Å²) >= 11 is 5.93. The molecular weight excluding hydrogens is 374 g/mol. The SMILES string of the molecule is CN1N=C2CCN(C(=O)Cc3ccc(Cl)cc3)CC2(Cc2ccccc2)C1=O. The van der Waals surface area contributed by atoms with Gasteiger partial charge in [-0.25, -0.2) is 5.01 Å². The lowest BCUT2D eigenvalue weighted by Gasteiger charge is -2.39. The third kappa shape index (κ3) is 3.42. The molecule has 0 saturated carbocycles. The second-order valence-corrected chi connectivity index (χ2v) is 7.92. The van der Waals surface area contributed by atoms with Crippen molar-refractivity contribution >= 4 is 29.1 Å². The fourth-order valence-corrected chi connectivity index (χ4v) is 4.25. The number of hydrogen-bond donors (Lipinski definition) is 0. The fraction of sp³-hybridized carbons (Fsp3) is 0.318. The number of carbonyl (C=O) groups excluding carboxylic acids is 2. The van der Waals surface area contributed by atoms with Gasteiger partial charge in [-0.1, -0.05) is 54.1 Å². The predicted octanol–water partition coefficient (Wildman–Crippen LogP) is 3.17. The molecule has 5 nitrogen and oxygen atoms in total. The van der Waals surface area contributed by atoms with E-state index < -0.39 is 5.41 Å². The molecule has 0 N–H and O–H groups in total. The molecule has 4 rings (SSSR count). The third-order valence-corrected chi connectivity index (χ3v) is 5.83. The molecule has 1 saturated heterocycles. The van der Waals surface area contributed by atoms with E-state index in [-0.39, 0.29) is 11.8 Å². The molecule has 0 spiro atoms. The summed E-state index contributed by atoms with van der Waals surface area (Å²) in [6, 6.07) is 17.3. The summed E-state index contributed by atoms with van der Waals surface area (Å²) in [5, 5.41) is 6.58. The number of likely N-dealkylation sites (tertiary alicyclic amines) is 1.